The molecule has 0 saturated heterocycles. The second-order valence-electron chi connectivity index (χ2n) is 4.74. The van der Waals surface area contributed by atoms with Gasteiger partial charge in [0, 0.05) is 17.6 Å². The predicted molar refractivity (Wildman–Crippen MR) is 72.4 cm³/mol. The van der Waals surface area contributed by atoms with Gasteiger partial charge in [-0.3, -0.25) is 4.79 Å². The first-order chi connectivity index (χ1) is 7.64. The SMILES string of the molecule is CNCc1ccc(NC(=O)C2(C)CC2)cc1.Cl. The Labute approximate surface area is 108 Å². The number of amides is 1. The summed E-state index contributed by atoms with van der Waals surface area (Å²) in [5.74, 6) is 0.147. The average Bonchev–Trinajstić information content (AvgIpc) is 3.01. The van der Waals surface area contributed by atoms with Gasteiger partial charge in [-0.05, 0) is 37.6 Å². The first kappa shape index (κ1) is 14.0. The standard InChI is InChI=1S/C13H18N2O.ClH/c1-13(7-8-13)12(16)15-11-5-3-10(4-6-11)9-14-2;/h3-6,14H,7-9H2,1-2H3,(H,15,16);1H. The lowest BCUT2D eigenvalue weighted by atomic mass is 10.1. The normalized spacial score (nSPS) is 15.9. The molecule has 0 heterocycles. The molecule has 3 nitrogen and oxygen atoms in total. The second-order valence-corrected chi connectivity index (χ2v) is 4.74. The molecule has 0 unspecified atom stereocenters. The van der Waals surface area contributed by atoms with Gasteiger partial charge in [0.15, 0.2) is 0 Å². The summed E-state index contributed by atoms with van der Waals surface area (Å²) in [6.07, 6.45) is 2.02. The number of hydrogen-bond donors (Lipinski definition) is 2. The highest BCUT2D eigenvalue weighted by Crippen LogP contribution is 2.45. The molecule has 0 radical (unpaired) electrons. The quantitative estimate of drug-likeness (QED) is 0.867. The molecule has 2 N–H and O–H groups in total. The maximum absolute atomic E-state index is 11.8. The summed E-state index contributed by atoms with van der Waals surface area (Å²) in [6.45, 7) is 2.86. The van der Waals surface area contributed by atoms with Crippen molar-refractivity contribution >= 4 is 24.0 Å². The topological polar surface area (TPSA) is 41.1 Å². The summed E-state index contributed by atoms with van der Waals surface area (Å²) < 4.78 is 0. The zero-order valence-electron chi connectivity index (χ0n) is 10.2. The number of benzene rings is 1. The van der Waals surface area contributed by atoms with E-state index < -0.39 is 0 Å². The van der Waals surface area contributed by atoms with Gasteiger partial charge in [0.05, 0.1) is 0 Å². The third-order valence-corrected chi connectivity index (χ3v) is 3.14. The molecule has 1 aliphatic rings. The molecule has 4 heteroatoms. The van der Waals surface area contributed by atoms with Gasteiger partial charge in [-0.1, -0.05) is 19.1 Å². The van der Waals surface area contributed by atoms with Crippen LogP contribution in [-0.4, -0.2) is 13.0 Å². The number of anilines is 1. The van der Waals surface area contributed by atoms with Gasteiger partial charge in [-0.15, -0.1) is 12.4 Å². The van der Waals surface area contributed by atoms with Crippen LogP contribution in [0.25, 0.3) is 0 Å². The van der Waals surface area contributed by atoms with Crippen molar-refractivity contribution in [2.75, 3.05) is 12.4 Å². The van der Waals surface area contributed by atoms with Gasteiger partial charge in [0.2, 0.25) is 5.91 Å². The Bertz CT molecular complexity index is 385. The fourth-order valence-electron chi connectivity index (χ4n) is 1.61. The van der Waals surface area contributed by atoms with Crippen LogP contribution in [0.15, 0.2) is 24.3 Å². The van der Waals surface area contributed by atoms with E-state index in [9.17, 15) is 4.79 Å². The number of carbonyl (C=O) groups excluding carboxylic acids is 1. The molecule has 1 fully saturated rings. The van der Waals surface area contributed by atoms with Crippen LogP contribution < -0.4 is 10.6 Å². The Kier molecular flexibility index (Phi) is 4.54. The van der Waals surface area contributed by atoms with Crippen molar-refractivity contribution in [3.05, 3.63) is 29.8 Å². The van der Waals surface area contributed by atoms with Crippen molar-refractivity contribution in [1.82, 2.24) is 5.32 Å². The Morgan fingerprint density at radius 1 is 1.29 bits per heavy atom. The lowest BCUT2D eigenvalue weighted by Gasteiger charge is -2.10. The number of hydrogen-bond acceptors (Lipinski definition) is 2. The molecule has 0 spiro atoms. The maximum atomic E-state index is 11.8. The molecule has 0 bridgehead atoms. The minimum absolute atomic E-state index is 0. The van der Waals surface area contributed by atoms with Crippen LogP contribution in [-0.2, 0) is 11.3 Å². The maximum Gasteiger partial charge on any atom is 0.230 e. The van der Waals surface area contributed by atoms with Gasteiger partial charge in [-0.2, -0.15) is 0 Å². The van der Waals surface area contributed by atoms with Crippen LogP contribution in [0.1, 0.15) is 25.3 Å². The summed E-state index contributed by atoms with van der Waals surface area (Å²) in [5.41, 5.74) is 2.00. The lowest BCUT2D eigenvalue weighted by Crippen LogP contribution is -2.21. The number of nitrogens with one attached hydrogen (secondary N) is 2. The highest BCUT2D eigenvalue weighted by atomic mass is 35.5. The molecular formula is C13H19ClN2O. The van der Waals surface area contributed by atoms with Gasteiger partial charge in [0.1, 0.15) is 0 Å². The smallest absolute Gasteiger partial charge is 0.230 e. The monoisotopic (exact) mass is 254 g/mol. The third kappa shape index (κ3) is 3.45. The van der Waals surface area contributed by atoms with E-state index in [1.165, 1.54) is 5.56 Å². The molecule has 1 aliphatic carbocycles. The van der Waals surface area contributed by atoms with Crippen LogP contribution in [0.4, 0.5) is 5.69 Å². The molecule has 17 heavy (non-hydrogen) atoms. The van der Waals surface area contributed by atoms with Crippen molar-refractivity contribution in [3.8, 4) is 0 Å². The lowest BCUT2D eigenvalue weighted by molar-refractivity contribution is -0.120. The highest BCUT2D eigenvalue weighted by molar-refractivity contribution is 5.96. The van der Waals surface area contributed by atoms with Gasteiger partial charge >= 0.3 is 0 Å². The van der Waals surface area contributed by atoms with E-state index in [-0.39, 0.29) is 23.7 Å². The van der Waals surface area contributed by atoms with E-state index in [1.807, 2.05) is 38.2 Å². The minimum Gasteiger partial charge on any atom is -0.326 e. The van der Waals surface area contributed by atoms with Crippen LogP contribution in [0, 0.1) is 5.41 Å². The molecule has 94 valence electrons. The van der Waals surface area contributed by atoms with E-state index >= 15 is 0 Å². The zero-order valence-corrected chi connectivity index (χ0v) is 11.1. The van der Waals surface area contributed by atoms with E-state index in [1.54, 1.807) is 0 Å². The Morgan fingerprint density at radius 2 is 1.88 bits per heavy atom. The average molecular weight is 255 g/mol. The fraction of sp³-hybridized carbons (Fsp3) is 0.462. The Morgan fingerprint density at radius 3 is 2.35 bits per heavy atom. The molecule has 1 aromatic carbocycles. The molecular weight excluding hydrogens is 236 g/mol. The summed E-state index contributed by atoms with van der Waals surface area (Å²) in [4.78, 5) is 11.8. The summed E-state index contributed by atoms with van der Waals surface area (Å²) >= 11 is 0. The zero-order chi connectivity index (χ0) is 11.6. The number of carbonyl (C=O) groups is 1. The van der Waals surface area contributed by atoms with Gasteiger partial charge in [-0.25, -0.2) is 0 Å². The molecule has 0 aromatic heterocycles. The number of rotatable bonds is 4. The first-order valence-electron chi connectivity index (χ1n) is 5.69. The first-order valence-corrected chi connectivity index (χ1v) is 5.69. The van der Waals surface area contributed by atoms with Gasteiger partial charge < -0.3 is 10.6 Å². The van der Waals surface area contributed by atoms with Crippen LogP contribution in [0.3, 0.4) is 0 Å². The van der Waals surface area contributed by atoms with E-state index in [0.717, 1.165) is 25.1 Å². The molecule has 1 amide bonds. The molecule has 0 atom stereocenters. The summed E-state index contributed by atoms with van der Waals surface area (Å²) in [7, 11) is 1.92. The Balaban J connectivity index is 0.00000144. The molecule has 1 saturated carbocycles. The highest BCUT2D eigenvalue weighted by Gasteiger charge is 2.44. The van der Waals surface area contributed by atoms with Gasteiger partial charge in [0.25, 0.3) is 0 Å². The van der Waals surface area contributed by atoms with Crippen molar-refractivity contribution < 1.29 is 4.79 Å². The summed E-state index contributed by atoms with van der Waals surface area (Å²) in [5, 5.41) is 6.05. The van der Waals surface area contributed by atoms with Crippen molar-refractivity contribution in [1.29, 1.82) is 0 Å². The minimum atomic E-state index is -0.107. The van der Waals surface area contributed by atoms with E-state index in [4.69, 9.17) is 0 Å². The third-order valence-electron chi connectivity index (χ3n) is 3.14. The van der Waals surface area contributed by atoms with E-state index in [0.29, 0.717) is 0 Å². The predicted octanol–water partition coefficient (Wildman–Crippen LogP) is 2.57. The van der Waals surface area contributed by atoms with Crippen molar-refractivity contribution in [2.24, 2.45) is 5.41 Å². The van der Waals surface area contributed by atoms with Crippen LogP contribution >= 0.6 is 12.4 Å². The van der Waals surface area contributed by atoms with Crippen LogP contribution in [0.2, 0.25) is 0 Å². The molecule has 1 aromatic rings. The fourth-order valence-corrected chi connectivity index (χ4v) is 1.61. The molecule has 0 aliphatic heterocycles. The largest absolute Gasteiger partial charge is 0.326 e. The molecule has 2 rings (SSSR count). The van der Waals surface area contributed by atoms with E-state index in [2.05, 4.69) is 10.6 Å². The van der Waals surface area contributed by atoms with Crippen molar-refractivity contribution in [3.63, 3.8) is 0 Å². The number of halogens is 1. The van der Waals surface area contributed by atoms with Crippen molar-refractivity contribution in [2.45, 2.75) is 26.3 Å². The summed E-state index contributed by atoms with van der Waals surface area (Å²) in [6, 6.07) is 7.97. The Hall–Kier alpha value is -1.06. The second kappa shape index (κ2) is 5.52. The van der Waals surface area contributed by atoms with Crippen LogP contribution in [0.5, 0.6) is 0 Å².